The Balaban J connectivity index is 1.98. The minimum absolute atomic E-state index is 0.129. The van der Waals surface area contributed by atoms with Gasteiger partial charge in [-0.25, -0.2) is 8.42 Å². The second-order valence-corrected chi connectivity index (χ2v) is 10.4. The van der Waals surface area contributed by atoms with Crippen molar-refractivity contribution in [3.63, 3.8) is 0 Å². The van der Waals surface area contributed by atoms with Gasteiger partial charge in [0.1, 0.15) is 9.84 Å². The summed E-state index contributed by atoms with van der Waals surface area (Å²) in [6.45, 7) is 1.92. The van der Waals surface area contributed by atoms with Gasteiger partial charge in [-0.15, -0.1) is 11.3 Å². The van der Waals surface area contributed by atoms with E-state index >= 15 is 0 Å². The largest absolute Gasteiger partial charge is 0.493 e. The molecule has 2 aromatic rings. The number of carbonyl (C=O) groups excluding carboxylic acids is 2. The minimum atomic E-state index is -5.09. The molecule has 1 atom stereocenters. The van der Waals surface area contributed by atoms with Crippen molar-refractivity contribution in [3.8, 4) is 11.5 Å². The molecule has 180 valence electrons. The molecule has 1 unspecified atom stereocenters. The fourth-order valence-corrected chi connectivity index (χ4v) is 5.38. The van der Waals surface area contributed by atoms with Crippen LogP contribution in [0, 0.1) is 0 Å². The van der Waals surface area contributed by atoms with E-state index in [4.69, 9.17) is 9.47 Å². The summed E-state index contributed by atoms with van der Waals surface area (Å²) in [5.41, 5.74) is 0.532. The second kappa shape index (κ2) is 9.21. The predicted molar refractivity (Wildman–Crippen MR) is 115 cm³/mol. The van der Waals surface area contributed by atoms with Gasteiger partial charge in [0.15, 0.2) is 11.5 Å². The van der Waals surface area contributed by atoms with E-state index in [2.05, 4.69) is 0 Å². The number of ether oxygens (including phenoxy) is 2. The van der Waals surface area contributed by atoms with Gasteiger partial charge in [-0.05, 0) is 24.6 Å². The Bertz CT molecular complexity index is 1180. The van der Waals surface area contributed by atoms with E-state index < -0.39 is 39.6 Å². The number of hydrogen-bond donors (Lipinski definition) is 1. The van der Waals surface area contributed by atoms with E-state index in [1.165, 1.54) is 17.4 Å². The summed E-state index contributed by atoms with van der Waals surface area (Å²) < 4.78 is 73.1. The lowest BCUT2D eigenvalue weighted by atomic mass is 10.1. The Morgan fingerprint density at radius 3 is 2.58 bits per heavy atom. The average Bonchev–Trinajstić information content (AvgIpc) is 3.25. The van der Waals surface area contributed by atoms with Crippen LogP contribution in [0.1, 0.15) is 33.8 Å². The first-order valence-electron chi connectivity index (χ1n) is 9.63. The lowest BCUT2D eigenvalue weighted by molar-refractivity contribution is -0.167. The standard InChI is InChI=1S/C20H21F3N2O6S2/c1-4-31-16-7-11(5-6-15(16)30-2)14(10-33(3,28)29)25-8-12-13(9-32-17(12)18(25)26)24-19(27)20(21,22)23/h5-7,9,14H,4,8,10H2,1-3H3,(H,24,27). The molecular formula is C20H21F3N2O6S2. The summed E-state index contributed by atoms with van der Waals surface area (Å²) in [7, 11) is -2.12. The first-order valence-corrected chi connectivity index (χ1v) is 12.6. The number of benzene rings is 1. The van der Waals surface area contributed by atoms with Gasteiger partial charge in [-0.3, -0.25) is 9.59 Å². The van der Waals surface area contributed by atoms with Crippen LogP contribution in [0.15, 0.2) is 23.6 Å². The molecule has 0 radical (unpaired) electrons. The van der Waals surface area contributed by atoms with Crippen LogP contribution in [-0.4, -0.2) is 57.0 Å². The molecule has 0 aliphatic carbocycles. The third-order valence-corrected chi connectivity index (χ3v) is 6.82. The van der Waals surface area contributed by atoms with Crippen LogP contribution in [0.2, 0.25) is 0 Å². The van der Waals surface area contributed by atoms with Crippen LogP contribution in [0.25, 0.3) is 0 Å². The molecule has 33 heavy (non-hydrogen) atoms. The van der Waals surface area contributed by atoms with Gasteiger partial charge in [0.2, 0.25) is 0 Å². The van der Waals surface area contributed by atoms with Crippen molar-refractivity contribution < 1.29 is 40.7 Å². The zero-order valence-corrected chi connectivity index (χ0v) is 19.5. The number of carbonyl (C=O) groups is 2. The highest BCUT2D eigenvalue weighted by Gasteiger charge is 2.42. The molecule has 1 aliphatic rings. The fourth-order valence-electron chi connectivity index (χ4n) is 3.46. The number of alkyl halides is 3. The normalized spacial score (nSPS) is 14.7. The summed E-state index contributed by atoms with van der Waals surface area (Å²) in [6, 6.07) is 3.82. The molecule has 13 heteroatoms. The van der Waals surface area contributed by atoms with Crippen LogP contribution in [0.3, 0.4) is 0 Å². The molecule has 0 saturated heterocycles. The third kappa shape index (κ3) is 5.41. The Labute approximate surface area is 192 Å². The number of anilines is 1. The zero-order valence-electron chi connectivity index (χ0n) is 17.9. The quantitative estimate of drug-likeness (QED) is 0.589. The van der Waals surface area contributed by atoms with Crippen molar-refractivity contribution in [2.45, 2.75) is 25.7 Å². The topological polar surface area (TPSA) is 102 Å². The molecular weight excluding hydrogens is 485 g/mol. The number of nitrogens with zero attached hydrogens (tertiary/aromatic N) is 1. The minimum Gasteiger partial charge on any atom is -0.493 e. The van der Waals surface area contributed by atoms with Crippen molar-refractivity contribution in [1.29, 1.82) is 0 Å². The highest BCUT2D eigenvalue weighted by molar-refractivity contribution is 7.90. The first kappa shape index (κ1) is 24.8. The van der Waals surface area contributed by atoms with Gasteiger partial charge in [0.25, 0.3) is 5.91 Å². The Kier molecular flexibility index (Phi) is 6.93. The van der Waals surface area contributed by atoms with Gasteiger partial charge in [-0.1, -0.05) is 6.07 Å². The lowest BCUT2D eigenvalue weighted by Gasteiger charge is -2.28. The number of hydrogen-bond acceptors (Lipinski definition) is 7. The maximum Gasteiger partial charge on any atom is 0.471 e. The highest BCUT2D eigenvalue weighted by Crippen LogP contribution is 2.41. The van der Waals surface area contributed by atoms with E-state index in [9.17, 15) is 31.2 Å². The van der Waals surface area contributed by atoms with Crippen molar-refractivity contribution in [2.24, 2.45) is 0 Å². The van der Waals surface area contributed by atoms with E-state index in [1.54, 1.807) is 30.4 Å². The fraction of sp³-hybridized carbons (Fsp3) is 0.400. The number of thiophene rings is 1. The number of sulfone groups is 1. The smallest absolute Gasteiger partial charge is 0.471 e. The average molecular weight is 507 g/mol. The molecule has 1 aromatic carbocycles. The number of amides is 2. The molecule has 2 heterocycles. The van der Waals surface area contributed by atoms with Crippen molar-refractivity contribution in [3.05, 3.63) is 39.6 Å². The first-order chi connectivity index (χ1) is 15.4. The SMILES string of the molecule is CCOc1cc(C(CS(C)(=O)=O)N2Cc3c(NC(=O)C(F)(F)F)csc3C2=O)ccc1OC. The van der Waals surface area contributed by atoms with Crippen molar-refractivity contribution >= 4 is 38.7 Å². The van der Waals surface area contributed by atoms with Crippen LogP contribution < -0.4 is 14.8 Å². The number of rotatable bonds is 8. The Morgan fingerprint density at radius 2 is 2.00 bits per heavy atom. The van der Waals surface area contributed by atoms with Gasteiger partial charge < -0.3 is 19.7 Å². The summed E-state index contributed by atoms with van der Waals surface area (Å²) in [5, 5.41) is 3.04. The number of halogens is 3. The van der Waals surface area contributed by atoms with E-state index in [0.717, 1.165) is 17.6 Å². The lowest BCUT2D eigenvalue weighted by Crippen LogP contribution is -2.34. The molecule has 8 nitrogen and oxygen atoms in total. The molecule has 0 spiro atoms. The Morgan fingerprint density at radius 1 is 1.30 bits per heavy atom. The van der Waals surface area contributed by atoms with E-state index in [-0.39, 0.29) is 22.7 Å². The Hall–Kier alpha value is -2.80. The van der Waals surface area contributed by atoms with Gasteiger partial charge in [-0.2, -0.15) is 13.2 Å². The van der Waals surface area contributed by atoms with E-state index in [1.807, 2.05) is 0 Å². The molecule has 0 fully saturated rings. The van der Waals surface area contributed by atoms with Gasteiger partial charge in [0.05, 0.1) is 42.6 Å². The zero-order chi connectivity index (χ0) is 24.6. The molecule has 3 rings (SSSR count). The number of nitrogens with one attached hydrogen (secondary N) is 1. The molecule has 1 aliphatic heterocycles. The summed E-state index contributed by atoms with van der Waals surface area (Å²) in [6.07, 6.45) is -4.06. The van der Waals surface area contributed by atoms with E-state index in [0.29, 0.717) is 23.7 Å². The summed E-state index contributed by atoms with van der Waals surface area (Å²) in [4.78, 5) is 25.8. The van der Waals surface area contributed by atoms with Crippen LogP contribution in [0.4, 0.5) is 18.9 Å². The van der Waals surface area contributed by atoms with Crippen molar-refractivity contribution in [1.82, 2.24) is 4.90 Å². The summed E-state index contributed by atoms with van der Waals surface area (Å²) in [5.74, 6) is -2.34. The molecule has 1 aromatic heterocycles. The number of fused-ring (bicyclic) bond motifs is 1. The summed E-state index contributed by atoms with van der Waals surface area (Å²) >= 11 is 0.884. The highest BCUT2D eigenvalue weighted by atomic mass is 32.2. The molecule has 2 amide bonds. The molecule has 0 bridgehead atoms. The maximum atomic E-state index is 13.1. The van der Waals surface area contributed by atoms with Gasteiger partial charge in [0, 0.05) is 17.2 Å². The maximum absolute atomic E-state index is 13.1. The molecule has 1 N–H and O–H groups in total. The predicted octanol–water partition coefficient (Wildman–Crippen LogP) is 3.40. The van der Waals surface area contributed by atoms with Crippen molar-refractivity contribution in [2.75, 3.05) is 31.0 Å². The third-order valence-electron chi connectivity index (χ3n) is 4.89. The molecule has 0 saturated carbocycles. The van der Waals surface area contributed by atoms with Gasteiger partial charge >= 0.3 is 12.1 Å². The van der Waals surface area contributed by atoms with Crippen LogP contribution >= 0.6 is 11.3 Å². The second-order valence-electron chi connectivity index (χ2n) is 7.29. The monoisotopic (exact) mass is 506 g/mol. The number of methoxy groups -OCH3 is 1. The van der Waals surface area contributed by atoms with Crippen LogP contribution in [-0.2, 0) is 21.2 Å². The van der Waals surface area contributed by atoms with Crippen LogP contribution in [0.5, 0.6) is 11.5 Å².